The lowest BCUT2D eigenvalue weighted by molar-refractivity contribution is -0.131. The maximum Gasteiger partial charge on any atom is 0.222 e. The van der Waals surface area contributed by atoms with Gasteiger partial charge in [0, 0.05) is 51.9 Å². The maximum absolute atomic E-state index is 11.8. The van der Waals surface area contributed by atoms with Crippen molar-refractivity contribution >= 4 is 17.2 Å². The van der Waals surface area contributed by atoms with Crippen molar-refractivity contribution in [1.82, 2.24) is 14.3 Å². The molecule has 0 radical (unpaired) electrons. The molecule has 1 amide bonds. The molecule has 1 fully saturated rings. The Kier molecular flexibility index (Phi) is 4.05. The highest BCUT2D eigenvalue weighted by molar-refractivity contribution is 5.75. The van der Waals surface area contributed by atoms with Gasteiger partial charge in [-0.05, 0) is 25.0 Å². The Morgan fingerprint density at radius 1 is 1.36 bits per heavy atom. The van der Waals surface area contributed by atoms with Crippen molar-refractivity contribution in [3.8, 4) is 0 Å². The Balaban J connectivity index is 1.84. The summed E-state index contributed by atoms with van der Waals surface area (Å²) in [5, 5.41) is 0. The standard InChI is InChI=1S/C17H24N4O/c1-4-16(22)20-10-7-13(8-11-20)14-12-21-9-5-6-15(21)17(18-14)19(2)3/h5-6,9,12-13H,4,7-8,10-11H2,1-3H3. The van der Waals surface area contributed by atoms with E-state index in [1.54, 1.807) is 0 Å². The second-order valence-electron chi connectivity index (χ2n) is 6.19. The summed E-state index contributed by atoms with van der Waals surface area (Å²) in [6.07, 6.45) is 6.81. The van der Waals surface area contributed by atoms with Crippen molar-refractivity contribution in [3.05, 3.63) is 30.2 Å². The van der Waals surface area contributed by atoms with Gasteiger partial charge in [0.1, 0.15) is 0 Å². The molecule has 2 aromatic heterocycles. The number of rotatable bonds is 3. The molecule has 118 valence electrons. The summed E-state index contributed by atoms with van der Waals surface area (Å²) in [6, 6.07) is 4.14. The van der Waals surface area contributed by atoms with Gasteiger partial charge < -0.3 is 14.2 Å². The van der Waals surface area contributed by atoms with Crippen LogP contribution in [0, 0.1) is 0 Å². The summed E-state index contributed by atoms with van der Waals surface area (Å²) in [5.41, 5.74) is 2.27. The summed E-state index contributed by atoms with van der Waals surface area (Å²) in [4.78, 5) is 20.7. The Bertz CT molecular complexity index is 668. The van der Waals surface area contributed by atoms with Gasteiger partial charge in [0.25, 0.3) is 0 Å². The number of hydrogen-bond donors (Lipinski definition) is 0. The number of nitrogens with zero attached hydrogens (tertiary/aromatic N) is 4. The molecule has 0 unspecified atom stereocenters. The van der Waals surface area contributed by atoms with Gasteiger partial charge in [-0.1, -0.05) is 6.92 Å². The van der Waals surface area contributed by atoms with E-state index in [2.05, 4.69) is 33.8 Å². The molecular formula is C17H24N4O. The van der Waals surface area contributed by atoms with E-state index >= 15 is 0 Å². The number of carbonyl (C=O) groups excluding carboxylic acids is 1. The molecule has 1 aliphatic heterocycles. The topological polar surface area (TPSA) is 40.9 Å². The lowest BCUT2D eigenvalue weighted by Gasteiger charge is -2.32. The molecule has 3 rings (SSSR count). The molecule has 5 heteroatoms. The highest BCUT2D eigenvalue weighted by atomic mass is 16.2. The molecule has 22 heavy (non-hydrogen) atoms. The molecule has 0 aromatic carbocycles. The average Bonchev–Trinajstić information content (AvgIpc) is 3.01. The normalized spacial score (nSPS) is 16.2. The second-order valence-corrected chi connectivity index (χ2v) is 6.19. The summed E-state index contributed by atoms with van der Waals surface area (Å²) >= 11 is 0. The summed E-state index contributed by atoms with van der Waals surface area (Å²) in [6.45, 7) is 3.62. The van der Waals surface area contributed by atoms with E-state index in [4.69, 9.17) is 4.98 Å². The minimum atomic E-state index is 0.265. The number of carbonyl (C=O) groups is 1. The zero-order valence-corrected chi connectivity index (χ0v) is 13.6. The maximum atomic E-state index is 11.8. The van der Waals surface area contributed by atoms with Crippen LogP contribution in [0.15, 0.2) is 24.5 Å². The van der Waals surface area contributed by atoms with Crippen LogP contribution >= 0.6 is 0 Å². The Morgan fingerprint density at radius 2 is 2.09 bits per heavy atom. The van der Waals surface area contributed by atoms with E-state index in [1.165, 1.54) is 0 Å². The number of fused-ring (bicyclic) bond motifs is 1. The van der Waals surface area contributed by atoms with E-state index in [-0.39, 0.29) is 5.91 Å². The number of piperidine rings is 1. The van der Waals surface area contributed by atoms with Crippen LogP contribution in [0.25, 0.3) is 5.52 Å². The molecule has 3 heterocycles. The molecule has 5 nitrogen and oxygen atoms in total. The quantitative estimate of drug-likeness (QED) is 0.874. The van der Waals surface area contributed by atoms with Gasteiger partial charge in [-0.25, -0.2) is 4.98 Å². The van der Waals surface area contributed by atoms with E-state index in [0.717, 1.165) is 43.0 Å². The van der Waals surface area contributed by atoms with Crippen LogP contribution in [0.3, 0.4) is 0 Å². The van der Waals surface area contributed by atoms with Crippen LogP contribution in [0.1, 0.15) is 37.8 Å². The van der Waals surface area contributed by atoms with E-state index in [9.17, 15) is 4.79 Å². The zero-order valence-electron chi connectivity index (χ0n) is 13.6. The average molecular weight is 300 g/mol. The van der Waals surface area contributed by atoms with Crippen LogP contribution in [0.2, 0.25) is 0 Å². The van der Waals surface area contributed by atoms with Gasteiger partial charge in [-0.3, -0.25) is 4.79 Å². The second kappa shape index (κ2) is 5.99. The summed E-state index contributed by atoms with van der Waals surface area (Å²) < 4.78 is 2.15. The lowest BCUT2D eigenvalue weighted by Crippen LogP contribution is -2.37. The van der Waals surface area contributed by atoms with Gasteiger partial charge in [-0.2, -0.15) is 0 Å². The number of hydrogen-bond acceptors (Lipinski definition) is 3. The van der Waals surface area contributed by atoms with Crippen LogP contribution in [-0.2, 0) is 4.79 Å². The molecular weight excluding hydrogens is 276 g/mol. The molecule has 0 spiro atoms. The number of amides is 1. The van der Waals surface area contributed by atoms with Crippen molar-refractivity contribution < 1.29 is 4.79 Å². The minimum absolute atomic E-state index is 0.265. The van der Waals surface area contributed by atoms with Crippen molar-refractivity contribution in [2.75, 3.05) is 32.1 Å². The monoisotopic (exact) mass is 300 g/mol. The first-order valence-electron chi connectivity index (χ1n) is 8.03. The Hall–Kier alpha value is -2.04. The highest BCUT2D eigenvalue weighted by Gasteiger charge is 2.24. The third-order valence-electron chi connectivity index (χ3n) is 4.51. The molecule has 0 bridgehead atoms. The lowest BCUT2D eigenvalue weighted by atomic mass is 9.93. The van der Waals surface area contributed by atoms with Crippen LogP contribution in [0.4, 0.5) is 5.82 Å². The van der Waals surface area contributed by atoms with Gasteiger partial charge in [-0.15, -0.1) is 0 Å². The third-order valence-corrected chi connectivity index (χ3v) is 4.51. The molecule has 0 N–H and O–H groups in total. The van der Waals surface area contributed by atoms with Crippen molar-refractivity contribution in [3.63, 3.8) is 0 Å². The van der Waals surface area contributed by atoms with Gasteiger partial charge >= 0.3 is 0 Å². The predicted molar refractivity (Wildman–Crippen MR) is 88.4 cm³/mol. The largest absolute Gasteiger partial charge is 0.361 e. The number of likely N-dealkylation sites (tertiary alicyclic amines) is 1. The molecule has 2 aromatic rings. The van der Waals surface area contributed by atoms with Crippen LogP contribution in [0.5, 0.6) is 0 Å². The molecule has 0 aliphatic carbocycles. The predicted octanol–water partition coefficient (Wildman–Crippen LogP) is 2.52. The fourth-order valence-electron chi connectivity index (χ4n) is 3.22. The Labute approximate surface area is 131 Å². The van der Waals surface area contributed by atoms with Crippen molar-refractivity contribution in [2.45, 2.75) is 32.1 Å². The molecule has 1 saturated heterocycles. The molecule has 1 aliphatic rings. The molecule has 0 saturated carbocycles. The zero-order chi connectivity index (χ0) is 15.7. The van der Waals surface area contributed by atoms with Gasteiger partial charge in [0.15, 0.2) is 5.82 Å². The van der Waals surface area contributed by atoms with E-state index in [1.807, 2.05) is 25.9 Å². The smallest absolute Gasteiger partial charge is 0.222 e. The minimum Gasteiger partial charge on any atom is -0.361 e. The van der Waals surface area contributed by atoms with Gasteiger partial charge in [0.2, 0.25) is 5.91 Å². The summed E-state index contributed by atoms with van der Waals surface area (Å²) in [7, 11) is 4.06. The van der Waals surface area contributed by atoms with Crippen LogP contribution < -0.4 is 4.90 Å². The van der Waals surface area contributed by atoms with E-state index < -0.39 is 0 Å². The Morgan fingerprint density at radius 3 is 2.73 bits per heavy atom. The first-order valence-corrected chi connectivity index (χ1v) is 8.03. The van der Waals surface area contributed by atoms with E-state index in [0.29, 0.717) is 12.3 Å². The first-order chi connectivity index (χ1) is 10.6. The fraction of sp³-hybridized carbons (Fsp3) is 0.529. The SMILES string of the molecule is CCC(=O)N1CCC(c2cn3cccc3c(N(C)C)n2)CC1. The van der Waals surface area contributed by atoms with Gasteiger partial charge in [0.05, 0.1) is 11.2 Å². The highest BCUT2D eigenvalue weighted by Crippen LogP contribution is 2.29. The number of aromatic nitrogens is 2. The number of anilines is 1. The summed E-state index contributed by atoms with van der Waals surface area (Å²) in [5.74, 6) is 1.71. The van der Waals surface area contributed by atoms with Crippen molar-refractivity contribution in [2.24, 2.45) is 0 Å². The third kappa shape index (κ3) is 2.67. The molecule has 0 atom stereocenters. The first kappa shape index (κ1) is 14.9. The van der Waals surface area contributed by atoms with Crippen LogP contribution in [-0.4, -0.2) is 47.4 Å². The van der Waals surface area contributed by atoms with Crippen molar-refractivity contribution in [1.29, 1.82) is 0 Å². The fourth-order valence-corrected chi connectivity index (χ4v) is 3.22.